The molecule has 1 N–H and O–H groups in total. The van der Waals surface area contributed by atoms with Crippen LogP contribution in [0.5, 0.6) is 11.5 Å². The van der Waals surface area contributed by atoms with E-state index in [4.69, 9.17) is 21.1 Å². The van der Waals surface area contributed by atoms with Crippen LogP contribution in [0.4, 0.5) is 10.1 Å². The summed E-state index contributed by atoms with van der Waals surface area (Å²) in [5, 5.41) is 4.00. The summed E-state index contributed by atoms with van der Waals surface area (Å²) in [6, 6.07) is 16.0. The Labute approximate surface area is 190 Å². The molecule has 0 heterocycles. The first kappa shape index (κ1) is 21.2. The lowest BCUT2D eigenvalue weighted by molar-refractivity contribution is 0.282. The highest BCUT2D eigenvalue weighted by molar-refractivity contribution is 14.1. The van der Waals surface area contributed by atoms with Gasteiger partial charge in [0, 0.05) is 16.7 Å². The molecule has 0 unspecified atom stereocenters. The van der Waals surface area contributed by atoms with Gasteiger partial charge in [-0.05, 0) is 92.1 Å². The molecule has 0 spiro atoms. The number of methoxy groups -OCH3 is 1. The summed E-state index contributed by atoms with van der Waals surface area (Å²) in [5.74, 6) is 1.06. The van der Waals surface area contributed by atoms with Gasteiger partial charge in [-0.15, -0.1) is 0 Å². The van der Waals surface area contributed by atoms with Crippen LogP contribution in [-0.4, -0.2) is 7.11 Å². The van der Waals surface area contributed by atoms with Crippen molar-refractivity contribution in [3.8, 4) is 11.5 Å². The molecule has 0 aliphatic rings. The van der Waals surface area contributed by atoms with Crippen LogP contribution in [0.15, 0.2) is 59.1 Å². The van der Waals surface area contributed by atoms with Crippen molar-refractivity contribution in [1.29, 1.82) is 0 Å². The maximum Gasteiger partial charge on any atom is 0.174 e. The van der Waals surface area contributed by atoms with Gasteiger partial charge in [0.2, 0.25) is 0 Å². The highest BCUT2D eigenvalue weighted by atomic mass is 127. The maximum absolute atomic E-state index is 13.0. The molecule has 3 rings (SSSR count). The van der Waals surface area contributed by atoms with E-state index in [2.05, 4.69) is 43.8 Å². The number of nitrogens with one attached hydrogen (secondary N) is 1. The first-order chi connectivity index (χ1) is 13.5. The van der Waals surface area contributed by atoms with E-state index < -0.39 is 0 Å². The van der Waals surface area contributed by atoms with Crippen LogP contribution >= 0.6 is 50.1 Å². The minimum Gasteiger partial charge on any atom is -0.493 e. The molecule has 0 fully saturated rings. The first-order valence-electron chi connectivity index (χ1n) is 8.39. The molecule has 0 aromatic heterocycles. The minimum absolute atomic E-state index is 0.264. The first-order valence-corrected chi connectivity index (χ1v) is 10.6. The monoisotopic (exact) mass is 575 g/mol. The lowest BCUT2D eigenvalue weighted by atomic mass is 10.2. The quantitative estimate of drug-likeness (QED) is 0.306. The van der Waals surface area contributed by atoms with E-state index in [9.17, 15) is 4.39 Å². The van der Waals surface area contributed by atoms with Gasteiger partial charge >= 0.3 is 0 Å². The van der Waals surface area contributed by atoms with Gasteiger partial charge in [-0.3, -0.25) is 0 Å². The molecular formula is C21H17BrClFINO2. The number of anilines is 1. The fourth-order valence-electron chi connectivity index (χ4n) is 2.56. The van der Waals surface area contributed by atoms with Gasteiger partial charge in [0.05, 0.1) is 15.7 Å². The van der Waals surface area contributed by atoms with Crippen LogP contribution in [0.25, 0.3) is 0 Å². The lowest BCUT2D eigenvalue weighted by Gasteiger charge is -2.15. The van der Waals surface area contributed by atoms with E-state index in [1.54, 1.807) is 19.2 Å². The van der Waals surface area contributed by atoms with Crippen LogP contribution in [0.1, 0.15) is 11.1 Å². The average Bonchev–Trinajstić information content (AvgIpc) is 2.69. The van der Waals surface area contributed by atoms with Gasteiger partial charge in [0.15, 0.2) is 11.5 Å². The number of rotatable bonds is 7. The molecule has 7 heteroatoms. The fourth-order valence-corrected chi connectivity index (χ4v) is 3.81. The molecule has 3 aromatic carbocycles. The van der Waals surface area contributed by atoms with Crippen molar-refractivity contribution >= 4 is 55.8 Å². The topological polar surface area (TPSA) is 30.5 Å². The van der Waals surface area contributed by atoms with E-state index in [0.29, 0.717) is 29.7 Å². The molecule has 146 valence electrons. The third kappa shape index (κ3) is 5.52. The van der Waals surface area contributed by atoms with Gasteiger partial charge in [0.1, 0.15) is 12.4 Å². The molecule has 0 aliphatic carbocycles. The summed E-state index contributed by atoms with van der Waals surface area (Å²) in [6.45, 7) is 0.949. The zero-order chi connectivity index (χ0) is 20.1. The highest BCUT2D eigenvalue weighted by Gasteiger charge is 2.12. The van der Waals surface area contributed by atoms with Crippen molar-refractivity contribution < 1.29 is 13.9 Å². The molecule has 3 aromatic rings. The van der Waals surface area contributed by atoms with E-state index >= 15 is 0 Å². The smallest absolute Gasteiger partial charge is 0.174 e. The Balaban J connectivity index is 1.71. The normalized spacial score (nSPS) is 10.6. The number of ether oxygens (including phenoxy) is 2. The lowest BCUT2D eigenvalue weighted by Crippen LogP contribution is -2.04. The van der Waals surface area contributed by atoms with E-state index in [-0.39, 0.29) is 5.82 Å². The average molecular weight is 577 g/mol. The standard InChI is InChI=1S/C21H17BrClFINO2/c1-27-20-9-14(11-26-16-6-7-17(22)18(23)10-16)8-19(25)21(20)28-12-13-2-4-15(24)5-3-13/h2-10,26H,11-12H2,1H3. The molecule has 0 aliphatic heterocycles. The molecule has 0 saturated carbocycles. The molecular weight excluding hydrogens is 559 g/mol. The highest BCUT2D eigenvalue weighted by Crippen LogP contribution is 2.35. The van der Waals surface area contributed by atoms with Crippen LogP contribution in [0.2, 0.25) is 5.02 Å². The summed E-state index contributed by atoms with van der Waals surface area (Å²) in [6.07, 6.45) is 0. The number of halogens is 4. The van der Waals surface area contributed by atoms with Gasteiger partial charge in [0.25, 0.3) is 0 Å². The fraction of sp³-hybridized carbons (Fsp3) is 0.143. The largest absolute Gasteiger partial charge is 0.493 e. The summed E-state index contributed by atoms with van der Waals surface area (Å²) < 4.78 is 26.3. The third-order valence-electron chi connectivity index (χ3n) is 4.00. The van der Waals surface area contributed by atoms with Crippen LogP contribution < -0.4 is 14.8 Å². The zero-order valence-corrected chi connectivity index (χ0v) is 19.4. The van der Waals surface area contributed by atoms with Crippen LogP contribution in [0.3, 0.4) is 0 Å². The molecule has 0 radical (unpaired) electrons. The second kappa shape index (κ2) is 9.80. The van der Waals surface area contributed by atoms with Crippen molar-refractivity contribution in [2.45, 2.75) is 13.2 Å². The molecule has 0 saturated heterocycles. The summed E-state index contributed by atoms with van der Waals surface area (Å²) in [4.78, 5) is 0. The SMILES string of the molecule is COc1cc(CNc2ccc(Br)c(Cl)c2)cc(I)c1OCc1ccc(F)cc1. The van der Waals surface area contributed by atoms with Crippen LogP contribution in [0, 0.1) is 9.39 Å². The van der Waals surface area contributed by atoms with Crippen molar-refractivity contribution in [1.82, 2.24) is 0 Å². The summed E-state index contributed by atoms with van der Waals surface area (Å²) >= 11 is 11.8. The van der Waals surface area contributed by atoms with Crippen molar-refractivity contribution in [3.63, 3.8) is 0 Å². The molecule has 0 bridgehead atoms. The van der Waals surface area contributed by atoms with Crippen molar-refractivity contribution in [2.24, 2.45) is 0 Å². The maximum atomic E-state index is 13.0. The Kier molecular flexibility index (Phi) is 7.42. The van der Waals surface area contributed by atoms with Crippen LogP contribution in [-0.2, 0) is 13.2 Å². The van der Waals surface area contributed by atoms with E-state index in [1.165, 1.54) is 12.1 Å². The zero-order valence-electron chi connectivity index (χ0n) is 14.9. The molecule has 3 nitrogen and oxygen atoms in total. The Morgan fingerprint density at radius 3 is 2.50 bits per heavy atom. The summed E-state index contributed by atoms with van der Waals surface area (Å²) in [7, 11) is 1.61. The number of hydrogen-bond acceptors (Lipinski definition) is 3. The number of benzene rings is 3. The number of hydrogen-bond donors (Lipinski definition) is 1. The van der Waals surface area contributed by atoms with E-state index in [0.717, 1.165) is 24.9 Å². The second-order valence-electron chi connectivity index (χ2n) is 6.01. The van der Waals surface area contributed by atoms with Gasteiger partial charge < -0.3 is 14.8 Å². The Hall–Kier alpha value is -1.51. The molecule has 0 atom stereocenters. The molecule has 28 heavy (non-hydrogen) atoms. The van der Waals surface area contributed by atoms with E-state index in [1.807, 2.05) is 30.3 Å². The third-order valence-corrected chi connectivity index (χ3v) is 6.04. The minimum atomic E-state index is -0.264. The Morgan fingerprint density at radius 2 is 1.82 bits per heavy atom. The van der Waals surface area contributed by atoms with Gasteiger partial charge in [-0.25, -0.2) is 4.39 Å². The predicted molar refractivity (Wildman–Crippen MR) is 123 cm³/mol. The summed E-state index contributed by atoms with van der Waals surface area (Å²) in [5.41, 5.74) is 2.87. The van der Waals surface area contributed by atoms with Crippen molar-refractivity contribution in [3.05, 3.63) is 84.6 Å². The Morgan fingerprint density at radius 1 is 1.07 bits per heavy atom. The van der Waals surface area contributed by atoms with Gasteiger partial charge in [-0.1, -0.05) is 23.7 Å². The second-order valence-corrected chi connectivity index (χ2v) is 8.43. The predicted octanol–water partition coefficient (Wildman–Crippen LogP) is 7.05. The van der Waals surface area contributed by atoms with Crippen molar-refractivity contribution in [2.75, 3.05) is 12.4 Å². The Bertz CT molecular complexity index is 969. The molecule has 0 amide bonds. The van der Waals surface area contributed by atoms with Gasteiger partial charge in [-0.2, -0.15) is 0 Å².